The Kier molecular flexibility index (Phi) is 5.43. The molecule has 21 heavy (non-hydrogen) atoms. The molecule has 4 heteroatoms. The number of anilines is 2. The van der Waals surface area contributed by atoms with Crippen LogP contribution in [0.4, 0.5) is 11.6 Å². The Labute approximate surface area is 129 Å². The highest BCUT2D eigenvalue weighted by Crippen LogP contribution is 2.41. The SMILES string of the molecule is CCCNc1nc(C)nc(NCC2(CC)CCCC2)c1C. The Hall–Kier alpha value is -1.32. The first kappa shape index (κ1) is 16.1. The van der Waals surface area contributed by atoms with E-state index in [1.807, 2.05) is 6.92 Å². The van der Waals surface area contributed by atoms with Gasteiger partial charge in [0.2, 0.25) is 0 Å². The summed E-state index contributed by atoms with van der Waals surface area (Å²) in [5, 5.41) is 7.02. The van der Waals surface area contributed by atoms with Gasteiger partial charge in [-0.05, 0) is 44.9 Å². The van der Waals surface area contributed by atoms with Crippen LogP contribution >= 0.6 is 0 Å². The maximum atomic E-state index is 4.61. The summed E-state index contributed by atoms with van der Waals surface area (Å²) in [6.07, 6.45) is 7.80. The third-order valence-electron chi connectivity index (χ3n) is 4.85. The first-order valence-corrected chi connectivity index (χ1v) is 8.43. The second kappa shape index (κ2) is 7.10. The molecule has 0 bridgehead atoms. The smallest absolute Gasteiger partial charge is 0.134 e. The van der Waals surface area contributed by atoms with Crippen LogP contribution in [0.1, 0.15) is 63.8 Å². The van der Waals surface area contributed by atoms with Crippen LogP contribution < -0.4 is 10.6 Å². The van der Waals surface area contributed by atoms with Crippen molar-refractivity contribution in [3.63, 3.8) is 0 Å². The highest BCUT2D eigenvalue weighted by molar-refractivity contribution is 5.57. The standard InChI is InChI=1S/C17H30N4/c1-5-11-18-15-13(3)16(21-14(4)20-15)19-12-17(6-2)9-7-8-10-17/h5-12H2,1-4H3,(H2,18,19,20,21). The first-order valence-electron chi connectivity index (χ1n) is 8.43. The first-order chi connectivity index (χ1) is 10.1. The van der Waals surface area contributed by atoms with E-state index in [1.165, 1.54) is 32.1 Å². The van der Waals surface area contributed by atoms with Gasteiger partial charge in [0.05, 0.1) is 0 Å². The number of nitrogens with zero attached hydrogens (tertiary/aromatic N) is 2. The van der Waals surface area contributed by atoms with E-state index in [0.717, 1.165) is 42.5 Å². The molecule has 1 aromatic heterocycles. The zero-order valence-electron chi connectivity index (χ0n) is 14.1. The fraction of sp³-hybridized carbons (Fsp3) is 0.765. The molecule has 1 aliphatic carbocycles. The molecule has 0 atom stereocenters. The summed E-state index contributed by atoms with van der Waals surface area (Å²) in [6, 6.07) is 0. The molecule has 0 spiro atoms. The minimum absolute atomic E-state index is 0.475. The molecule has 1 fully saturated rings. The van der Waals surface area contributed by atoms with Gasteiger partial charge in [-0.25, -0.2) is 9.97 Å². The van der Waals surface area contributed by atoms with Gasteiger partial charge in [0.1, 0.15) is 17.5 Å². The lowest BCUT2D eigenvalue weighted by Gasteiger charge is -2.28. The summed E-state index contributed by atoms with van der Waals surface area (Å²) in [6.45, 7) is 10.5. The van der Waals surface area contributed by atoms with Crippen LogP contribution in [0.5, 0.6) is 0 Å². The molecule has 2 rings (SSSR count). The molecule has 0 unspecified atom stereocenters. The van der Waals surface area contributed by atoms with E-state index in [2.05, 4.69) is 41.4 Å². The van der Waals surface area contributed by atoms with E-state index >= 15 is 0 Å². The van der Waals surface area contributed by atoms with E-state index in [0.29, 0.717) is 5.41 Å². The van der Waals surface area contributed by atoms with Crippen LogP contribution in [0.25, 0.3) is 0 Å². The van der Waals surface area contributed by atoms with E-state index in [4.69, 9.17) is 0 Å². The Morgan fingerprint density at radius 1 is 1.00 bits per heavy atom. The van der Waals surface area contributed by atoms with Crippen molar-refractivity contribution >= 4 is 11.6 Å². The Morgan fingerprint density at radius 2 is 1.62 bits per heavy atom. The Balaban J connectivity index is 2.10. The van der Waals surface area contributed by atoms with Crippen LogP contribution in [0, 0.1) is 19.3 Å². The second-order valence-corrected chi connectivity index (χ2v) is 6.43. The quantitative estimate of drug-likeness (QED) is 0.786. The number of rotatable bonds is 7. The van der Waals surface area contributed by atoms with Crippen LogP contribution in [0.3, 0.4) is 0 Å². The summed E-state index contributed by atoms with van der Waals surface area (Å²) in [5.41, 5.74) is 1.61. The molecule has 0 amide bonds. The molecule has 0 aliphatic heterocycles. The maximum absolute atomic E-state index is 4.61. The third kappa shape index (κ3) is 3.86. The van der Waals surface area contributed by atoms with Gasteiger partial charge < -0.3 is 10.6 Å². The van der Waals surface area contributed by atoms with Crippen LogP contribution in [0.15, 0.2) is 0 Å². The van der Waals surface area contributed by atoms with Crippen LogP contribution in [0.2, 0.25) is 0 Å². The van der Waals surface area contributed by atoms with Crippen molar-refractivity contribution in [2.75, 3.05) is 23.7 Å². The van der Waals surface area contributed by atoms with Crippen molar-refractivity contribution in [1.29, 1.82) is 0 Å². The number of hydrogen-bond acceptors (Lipinski definition) is 4. The number of aryl methyl sites for hydroxylation is 1. The van der Waals surface area contributed by atoms with Crippen molar-refractivity contribution in [2.24, 2.45) is 5.41 Å². The molecular weight excluding hydrogens is 260 g/mol. The zero-order valence-corrected chi connectivity index (χ0v) is 14.1. The van der Waals surface area contributed by atoms with Crippen molar-refractivity contribution in [2.45, 2.75) is 66.2 Å². The van der Waals surface area contributed by atoms with E-state index in [9.17, 15) is 0 Å². The topological polar surface area (TPSA) is 49.8 Å². The monoisotopic (exact) mass is 290 g/mol. The van der Waals surface area contributed by atoms with Gasteiger partial charge in [0.15, 0.2) is 0 Å². The lowest BCUT2D eigenvalue weighted by molar-refractivity contribution is 0.306. The highest BCUT2D eigenvalue weighted by atomic mass is 15.1. The van der Waals surface area contributed by atoms with Gasteiger partial charge in [-0.3, -0.25) is 0 Å². The van der Waals surface area contributed by atoms with Crippen molar-refractivity contribution in [1.82, 2.24) is 9.97 Å². The number of hydrogen-bond donors (Lipinski definition) is 2. The molecule has 1 heterocycles. The van der Waals surface area contributed by atoms with E-state index < -0.39 is 0 Å². The maximum Gasteiger partial charge on any atom is 0.134 e. The highest BCUT2D eigenvalue weighted by Gasteiger charge is 2.31. The van der Waals surface area contributed by atoms with Gasteiger partial charge >= 0.3 is 0 Å². The zero-order chi connectivity index (χ0) is 15.3. The lowest BCUT2D eigenvalue weighted by atomic mass is 9.83. The molecule has 0 radical (unpaired) electrons. The predicted molar refractivity (Wildman–Crippen MR) is 90.0 cm³/mol. The fourth-order valence-electron chi connectivity index (χ4n) is 3.27. The molecule has 0 aromatic carbocycles. The molecule has 4 nitrogen and oxygen atoms in total. The van der Waals surface area contributed by atoms with Crippen LogP contribution in [-0.4, -0.2) is 23.1 Å². The summed E-state index contributed by atoms with van der Waals surface area (Å²) in [7, 11) is 0. The van der Waals surface area contributed by atoms with Gasteiger partial charge in [0, 0.05) is 18.7 Å². The number of aromatic nitrogens is 2. The third-order valence-corrected chi connectivity index (χ3v) is 4.85. The summed E-state index contributed by atoms with van der Waals surface area (Å²) in [5.74, 6) is 2.81. The average Bonchev–Trinajstić information content (AvgIpc) is 2.96. The minimum Gasteiger partial charge on any atom is -0.370 e. The molecule has 1 aliphatic rings. The summed E-state index contributed by atoms with van der Waals surface area (Å²) in [4.78, 5) is 9.13. The average molecular weight is 290 g/mol. The molecular formula is C17H30N4. The van der Waals surface area contributed by atoms with Gasteiger partial charge in [-0.15, -0.1) is 0 Å². The molecule has 118 valence electrons. The van der Waals surface area contributed by atoms with Crippen LogP contribution in [-0.2, 0) is 0 Å². The molecule has 1 aromatic rings. The van der Waals surface area contributed by atoms with E-state index in [1.54, 1.807) is 0 Å². The minimum atomic E-state index is 0.475. The predicted octanol–water partition coefficient (Wildman–Crippen LogP) is 4.30. The van der Waals surface area contributed by atoms with Crippen molar-refractivity contribution in [3.8, 4) is 0 Å². The fourth-order valence-corrected chi connectivity index (χ4v) is 3.27. The largest absolute Gasteiger partial charge is 0.370 e. The van der Waals surface area contributed by atoms with Gasteiger partial charge in [-0.2, -0.15) is 0 Å². The molecule has 0 saturated heterocycles. The van der Waals surface area contributed by atoms with E-state index in [-0.39, 0.29) is 0 Å². The summed E-state index contributed by atoms with van der Waals surface area (Å²) < 4.78 is 0. The Bertz CT molecular complexity index is 464. The van der Waals surface area contributed by atoms with Crippen molar-refractivity contribution < 1.29 is 0 Å². The number of nitrogens with one attached hydrogen (secondary N) is 2. The van der Waals surface area contributed by atoms with Crippen molar-refractivity contribution in [3.05, 3.63) is 11.4 Å². The molecule has 1 saturated carbocycles. The Morgan fingerprint density at radius 3 is 2.19 bits per heavy atom. The molecule has 2 N–H and O–H groups in total. The summed E-state index contributed by atoms with van der Waals surface area (Å²) >= 11 is 0. The lowest BCUT2D eigenvalue weighted by Crippen LogP contribution is -2.26. The van der Waals surface area contributed by atoms with Gasteiger partial charge in [-0.1, -0.05) is 26.7 Å². The second-order valence-electron chi connectivity index (χ2n) is 6.43. The normalized spacial score (nSPS) is 17.0. The van der Waals surface area contributed by atoms with Gasteiger partial charge in [0.25, 0.3) is 0 Å².